The maximum atomic E-state index is 12.0. The minimum Gasteiger partial charge on any atom is -0.307 e. The van der Waals surface area contributed by atoms with Gasteiger partial charge in [-0.2, -0.15) is 26.3 Å². The fourth-order valence-electron chi connectivity index (χ4n) is 0.348. The van der Waals surface area contributed by atoms with Crippen LogP contribution >= 0.6 is 0 Å². The molecule has 0 fully saturated rings. The van der Waals surface area contributed by atoms with E-state index < -0.39 is 38.0 Å². The van der Waals surface area contributed by atoms with Crippen LogP contribution < -0.4 is 0 Å². The summed E-state index contributed by atoms with van der Waals surface area (Å²) in [6, 6.07) is 0. The summed E-state index contributed by atoms with van der Waals surface area (Å²) in [6.45, 7) is -3.99. The molecule has 0 aliphatic rings. The summed E-state index contributed by atoms with van der Waals surface area (Å²) < 4.78 is 138. The summed E-state index contributed by atoms with van der Waals surface area (Å²) in [5, 5.41) is 0. The van der Waals surface area contributed by atoms with Gasteiger partial charge in [-0.1, -0.05) is 0 Å². The smallest absolute Gasteiger partial charge is 0.307 e. The van der Waals surface area contributed by atoms with Gasteiger partial charge in [-0.25, -0.2) is 8.78 Å². The topological polar surface area (TPSA) is 18.5 Å². The Morgan fingerprint density at radius 3 is 1.17 bits per heavy atom. The van der Waals surface area contributed by atoms with Gasteiger partial charge in [0.1, 0.15) is 0 Å². The van der Waals surface area contributed by atoms with E-state index in [4.69, 9.17) is 0 Å². The van der Waals surface area contributed by atoms with E-state index in [1.54, 1.807) is 0 Å². The number of ether oxygens (including phenoxy) is 2. The molecular weight excluding hydrogens is 623 g/mol. The average Bonchev–Trinajstić information content (AvgIpc) is 2.27. The average molecular weight is 633 g/mol. The molecule has 0 aromatic carbocycles. The first kappa shape index (κ1) is 29.1. The Morgan fingerprint density at radius 2 is 1.09 bits per heavy atom. The molecule has 0 bridgehead atoms. The molecule has 0 amide bonds. The van der Waals surface area contributed by atoms with Gasteiger partial charge in [0.25, 0.3) is 0 Å². The van der Waals surface area contributed by atoms with E-state index in [1.807, 2.05) is 0 Å². The van der Waals surface area contributed by atoms with Crippen LogP contribution in [0, 0.1) is 0 Å². The molecule has 140 valence electrons. The fraction of sp³-hybridized carbons (Fsp3) is 1.00. The van der Waals surface area contributed by atoms with E-state index in [-0.39, 0.29) is 6.92 Å². The van der Waals surface area contributed by atoms with E-state index >= 15 is 0 Å². The Labute approximate surface area is 116 Å². The van der Waals surface area contributed by atoms with Gasteiger partial charge >= 0.3 is 24.6 Å². The molecule has 0 N–H and O–H groups in total. The molecule has 15 heteroatoms. The number of hydrogen-bond acceptors (Lipinski definition) is 2. The van der Waals surface area contributed by atoms with Crippen LogP contribution in [0.25, 0.3) is 0 Å². The summed E-state index contributed by atoms with van der Waals surface area (Å²) in [6.07, 6.45) is -15.3. The zero-order valence-electron chi connectivity index (χ0n) is 11.5. The number of halogens is 12. The van der Waals surface area contributed by atoms with Gasteiger partial charge in [-0.3, -0.25) is 9.13 Å². The molecule has 23 heavy (non-hydrogen) atoms. The van der Waals surface area contributed by atoms with Crippen molar-refractivity contribution in [1.82, 2.24) is 0 Å². The van der Waals surface area contributed by atoms with Crippen LogP contribution in [0.2, 0.25) is 0 Å². The van der Waals surface area contributed by atoms with E-state index in [1.165, 1.54) is 0 Å². The van der Waals surface area contributed by atoms with Gasteiger partial charge in [-0.05, 0) is 0 Å². The molecule has 0 rings (SSSR count). The molecule has 0 saturated heterocycles. The van der Waals surface area contributed by atoms with Gasteiger partial charge in [-0.15, -0.1) is 13.2 Å². The maximum absolute atomic E-state index is 12.0. The Bertz CT molecular complexity index is 258. The largest absolute Gasteiger partial charge is 0.522 e. The van der Waals surface area contributed by atoms with Crippen LogP contribution in [0.4, 0.5) is 52.7 Å². The van der Waals surface area contributed by atoms with Gasteiger partial charge in [0, 0.05) is 6.92 Å². The third kappa shape index (κ3) is 20.1. The quantitative estimate of drug-likeness (QED) is 0.415. The second-order valence-electron chi connectivity index (χ2n) is 3.02. The summed E-state index contributed by atoms with van der Waals surface area (Å²) in [5.74, 6) is -3.89. The molecule has 0 aliphatic carbocycles. The van der Waals surface area contributed by atoms with Crippen LogP contribution in [0.1, 0.15) is 6.92 Å². The predicted molar refractivity (Wildman–Crippen MR) is 47.7 cm³/mol. The Morgan fingerprint density at radius 1 is 0.739 bits per heavy atom. The predicted octanol–water partition coefficient (Wildman–Crippen LogP) is 4.85. The summed E-state index contributed by atoms with van der Waals surface area (Å²) in [4.78, 5) is 0. The molecule has 1 atom stereocenters. The van der Waals surface area contributed by atoms with Crippen molar-refractivity contribution in [2.24, 2.45) is 0 Å². The third-order valence-corrected chi connectivity index (χ3v) is 1.23. The minimum atomic E-state index is -5.21. The minimum absolute atomic E-state index is 0. The van der Waals surface area contributed by atoms with Gasteiger partial charge < -0.3 is 4.74 Å². The van der Waals surface area contributed by atoms with Crippen molar-refractivity contribution in [3.05, 3.63) is 0 Å². The van der Waals surface area contributed by atoms with Crippen molar-refractivity contribution < 1.29 is 62.2 Å². The normalized spacial score (nSPS) is 14.3. The Kier molecular flexibility index (Phi) is 13.6. The second-order valence-corrected chi connectivity index (χ2v) is 3.02. The van der Waals surface area contributed by atoms with Crippen molar-refractivity contribution in [1.29, 1.82) is 0 Å². The molecule has 0 saturated carbocycles. The molecule has 0 spiro atoms. The molecule has 2 nitrogen and oxygen atoms in total. The summed E-state index contributed by atoms with van der Waals surface area (Å²) in [7, 11) is 0.500. The number of rotatable bonds is 3. The van der Waals surface area contributed by atoms with Gasteiger partial charge in [0.05, 0.1) is 7.18 Å². The third-order valence-electron chi connectivity index (χ3n) is 1.23. The monoisotopic (exact) mass is 633 g/mol. The molecule has 0 aromatic heterocycles. The first-order chi connectivity index (χ1) is 9.52. The van der Waals surface area contributed by atoms with Crippen LogP contribution in [-0.4, -0.2) is 45.2 Å². The zero-order chi connectivity index (χ0) is 18.8. The molecule has 0 heterocycles. The van der Waals surface area contributed by atoms with E-state index in [2.05, 4.69) is 9.47 Å². The van der Waals surface area contributed by atoms with E-state index in [0.29, 0.717) is 7.18 Å². The van der Waals surface area contributed by atoms with Crippen LogP contribution in [0.3, 0.4) is 0 Å². The molecule has 0 aromatic rings. The fourth-order valence-corrected chi connectivity index (χ4v) is 0.348. The number of alkyl halides is 12. The first-order valence-electron chi connectivity index (χ1n) is 4.62. The van der Waals surface area contributed by atoms with Crippen molar-refractivity contribution in [2.75, 3.05) is 20.6 Å². The number of hydrogen-bond donors (Lipinski definition) is 0. The van der Waals surface area contributed by atoms with Gasteiger partial charge in [0.15, 0.2) is 13.5 Å². The summed E-state index contributed by atoms with van der Waals surface area (Å²) >= 11 is 0. The van der Waals surface area contributed by atoms with Crippen molar-refractivity contribution in [2.45, 2.75) is 31.5 Å². The van der Waals surface area contributed by atoms with E-state index in [9.17, 15) is 52.7 Å². The summed E-state index contributed by atoms with van der Waals surface area (Å²) in [5.41, 5.74) is 0. The van der Waals surface area contributed by atoms with Crippen LogP contribution in [-0.2, 0) is 9.47 Å². The van der Waals surface area contributed by atoms with Crippen molar-refractivity contribution in [3.8, 4) is 0 Å². The molecule has 0 aliphatic heterocycles. The zero-order valence-corrected chi connectivity index (χ0v) is 17.9. The Balaban J connectivity index is -0.000000136. The standard InChI is InChI=1S/C4H5F5O.C3H2F6O.CH3F.Rf/c1-3(6,10-2-5)4(7,8)9;4-2(5,6)1-10-3(7,8)9;1-2;/h2H2,1H3;1H2;1H3;. The molecular formula is C8H10F12O2Rf. The molecule has 0 radical (unpaired) electrons. The van der Waals surface area contributed by atoms with Crippen molar-refractivity contribution in [3.63, 3.8) is 0 Å². The first-order valence-corrected chi connectivity index (χ1v) is 4.62. The van der Waals surface area contributed by atoms with Crippen molar-refractivity contribution >= 4 is 0 Å². The second kappa shape index (κ2) is 10.7. The SMILES string of the molecule is CC(F)(OCF)C(F)(F)F.CF.FC(F)(F)COC(F)(F)F.[Rf]. The Hall–Kier alpha value is -1.92. The van der Waals surface area contributed by atoms with E-state index in [0.717, 1.165) is 0 Å². The van der Waals surface area contributed by atoms with Crippen LogP contribution in [0.5, 0.6) is 0 Å². The maximum Gasteiger partial charge on any atom is 0.522 e. The molecule has 1 unspecified atom stereocenters. The van der Waals surface area contributed by atoms with Crippen LogP contribution in [0.15, 0.2) is 0 Å². The van der Waals surface area contributed by atoms with Gasteiger partial charge in [0.2, 0.25) is 0 Å².